The molecule has 3 N–H and O–H groups in total. The van der Waals surface area contributed by atoms with Crippen LogP contribution >= 0.6 is 0 Å². The number of ether oxygens (including phenoxy) is 1. The molecule has 1 aromatic carbocycles. The van der Waals surface area contributed by atoms with Gasteiger partial charge < -0.3 is 25.2 Å². The normalized spacial score (nSPS) is 10.4. The number of furan rings is 1. The summed E-state index contributed by atoms with van der Waals surface area (Å²) < 4.78 is 11.1. The summed E-state index contributed by atoms with van der Waals surface area (Å²) in [5, 5.41) is 13.8. The van der Waals surface area contributed by atoms with Crippen LogP contribution in [-0.4, -0.2) is 30.3 Å². The van der Waals surface area contributed by atoms with Gasteiger partial charge in [0.1, 0.15) is 17.8 Å². The zero-order valence-electron chi connectivity index (χ0n) is 14.3. The molecule has 7 nitrogen and oxygen atoms in total. The first-order chi connectivity index (χ1) is 12.2. The SMILES string of the molecule is CNc1cc(Oc2nc(-c3ccoc3)nc(NC)c2C=N)ccc1C. The van der Waals surface area contributed by atoms with E-state index in [2.05, 4.69) is 20.6 Å². The molecule has 0 unspecified atom stereocenters. The fraction of sp³-hybridized carbons (Fsp3) is 0.167. The Morgan fingerprint density at radius 1 is 1.16 bits per heavy atom. The summed E-state index contributed by atoms with van der Waals surface area (Å²) >= 11 is 0. The number of hydrogen-bond acceptors (Lipinski definition) is 7. The third kappa shape index (κ3) is 3.30. The predicted octanol–water partition coefficient (Wildman–Crippen LogP) is 3.92. The number of nitrogens with zero attached hydrogens (tertiary/aromatic N) is 2. The van der Waals surface area contributed by atoms with Crippen LogP contribution in [0.2, 0.25) is 0 Å². The van der Waals surface area contributed by atoms with Crippen LogP contribution in [0.25, 0.3) is 11.4 Å². The number of aryl methyl sites for hydroxylation is 1. The lowest BCUT2D eigenvalue weighted by molar-refractivity contribution is 0.462. The first-order valence-electron chi connectivity index (χ1n) is 7.75. The molecule has 0 spiro atoms. The van der Waals surface area contributed by atoms with Gasteiger partial charge in [-0.25, -0.2) is 4.98 Å². The molecule has 0 saturated heterocycles. The minimum atomic E-state index is 0.302. The van der Waals surface area contributed by atoms with Gasteiger partial charge in [0, 0.05) is 32.1 Å². The van der Waals surface area contributed by atoms with Crippen molar-refractivity contribution in [3.63, 3.8) is 0 Å². The maximum absolute atomic E-state index is 7.70. The van der Waals surface area contributed by atoms with Crippen molar-refractivity contribution >= 4 is 17.7 Å². The van der Waals surface area contributed by atoms with Crippen LogP contribution in [0.4, 0.5) is 11.5 Å². The summed E-state index contributed by atoms with van der Waals surface area (Å²) in [4.78, 5) is 8.89. The van der Waals surface area contributed by atoms with Crippen LogP contribution in [0.1, 0.15) is 11.1 Å². The molecule has 3 rings (SSSR count). The minimum absolute atomic E-state index is 0.302. The highest BCUT2D eigenvalue weighted by atomic mass is 16.5. The topological polar surface area (TPSA) is 96.1 Å². The Morgan fingerprint density at radius 2 is 2.00 bits per heavy atom. The third-order valence-electron chi connectivity index (χ3n) is 3.76. The summed E-state index contributed by atoms with van der Waals surface area (Å²) in [6.45, 7) is 2.01. The zero-order chi connectivity index (χ0) is 17.8. The third-order valence-corrected chi connectivity index (χ3v) is 3.76. The average Bonchev–Trinajstić information content (AvgIpc) is 3.17. The second-order valence-corrected chi connectivity index (χ2v) is 5.35. The molecule has 0 radical (unpaired) electrons. The first-order valence-corrected chi connectivity index (χ1v) is 7.75. The van der Waals surface area contributed by atoms with Gasteiger partial charge >= 0.3 is 0 Å². The van der Waals surface area contributed by atoms with Crippen LogP contribution < -0.4 is 15.4 Å². The molecule has 0 aliphatic carbocycles. The maximum Gasteiger partial charge on any atom is 0.233 e. The smallest absolute Gasteiger partial charge is 0.233 e. The standard InChI is InChI=1S/C18H19N5O2/c1-11-4-5-13(8-15(11)20-2)25-18-14(9-19)17(21-3)22-16(23-18)12-6-7-24-10-12/h4-10,19-20H,1-3H3,(H,21,22,23). The largest absolute Gasteiger partial charge is 0.472 e. The van der Waals surface area contributed by atoms with Crippen molar-refractivity contribution in [1.29, 1.82) is 5.41 Å². The van der Waals surface area contributed by atoms with Gasteiger partial charge in [-0.3, -0.25) is 0 Å². The van der Waals surface area contributed by atoms with E-state index in [9.17, 15) is 0 Å². The summed E-state index contributed by atoms with van der Waals surface area (Å²) in [7, 11) is 3.60. The number of rotatable bonds is 6. The summed E-state index contributed by atoms with van der Waals surface area (Å²) in [5.74, 6) is 1.89. The average molecular weight is 337 g/mol. The van der Waals surface area contributed by atoms with Gasteiger partial charge in [0.2, 0.25) is 5.88 Å². The van der Waals surface area contributed by atoms with Crippen LogP contribution in [0.3, 0.4) is 0 Å². The van der Waals surface area contributed by atoms with Gasteiger partial charge in [-0.2, -0.15) is 4.98 Å². The number of hydrogen-bond donors (Lipinski definition) is 3. The van der Waals surface area contributed by atoms with Crippen molar-refractivity contribution in [1.82, 2.24) is 9.97 Å². The molecule has 3 aromatic rings. The summed E-state index contributed by atoms with van der Waals surface area (Å²) in [6, 6.07) is 7.49. The van der Waals surface area contributed by atoms with Crippen LogP contribution in [-0.2, 0) is 0 Å². The molecule has 25 heavy (non-hydrogen) atoms. The quantitative estimate of drug-likeness (QED) is 0.590. The number of aromatic nitrogens is 2. The number of benzene rings is 1. The van der Waals surface area contributed by atoms with Gasteiger partial charge in [0.15, 0.2) is 5.82 Å². The molecule has 0 amide bonds. The van der Waals surface area contributed by atoms with Gasteiger partial charge in [-0.1, -0.05) is 6.07 Å². The fourth-order valence-electron chi connectivity index (χ4n) is 2.41. The number of nitrogens with one attached hydrogen (secondary N) is 3. The van der Waals surface area contributed by atoms with Crippen LogP contribution in [0.5, 0.6) is 11.6 Å². The number of anilines is 2. The molecule has 7 heteroatoms. The Bertz CT molecular complexity index is 891. The fourth-order valence-corrected chi connectivity index (χ4v) is 2.41. The molecule has 0 aliphatic heterocycles. The molecule has 0 atom stereocenters. The van der Waals surface area contributed by atoms with Crippen molar-refractivity contribution in [2.24, 2.45) is 0 Å². The molecule has 2 aromatic heterocycles. The lowest BCUT2D eigenvalue weighted by Gasteiger charge is -2.13. The molecule has 0 bridgehead atoms. The molecule has 0 fully saturated rings. The van der Waals surface area contributed by atoms with E-state index in [0.29, 0.717) is 28.8 Å². The Hall–Kier alpha value is -3.35. The molecular weight excluding hydrogens is 318 g/mol. The first kappa shape index (κ1) is 16.5. The Balaban J connectivity index is 2.07. The van der Waals surface area contributed by atoms with E-state index in [4.69, 9.17) is 14.6 Å². The lowest BCUT2D eigenvalue weighted by Crippen LogP contribution is -2.05. The molecule has 0 aliphatic rings. The lowest BCUT2D eigenvalue weighted by atomic mass is 10.2. The van der Waals surface area contributed by atoms with Gasteiger partial charge in [-0.15, -0.1) is 0 Å². The second kappa shape index (κ2) is 7.04. The van der Waals surface area contributed by atoms with Crippen LogP contribution in [0.15, 0.2) is 41.2 Å². The van der Waals surface area contributed by atoms with Crippen molar-refractivity contribution in [3.8, 4) is 23.0 Å². The Morgan fingerprint density at radius 3 is 2.64 bits per heavy atom. The van der Waals surface area contributed by atoms with Crippen LogP contribution in [0, 0.1) is 12.3 Å². The highest BCUT2D eigenvalue weighted by Gasteiger charge is 2.16. The summed E-state index contributed by atoms with van der Waals surface area (Å²) in [6.07, 6.45) is 4.29. The van der Waals surface area contributed by atoms with Crippen molar-refractivity contribution in [2.45, 2.75) is 6.92 Å². The predicted molar refractivity (Wildman–Crippen MR) is 98.0 cm³/mol. The van der Waals surface area contributed by atoms with E-state index in [-0.39, 0.29) is 0 Å². The van der Waals surface area contributed by atoms with Gasteiger partial charge in [-0.05, 0) is 24.6 Å². The summed E-state index contributed by atoms with van der Waals surface area (Å²) in [5.41, 5.74) is 3.28. The van der Waals surface area contributed by atoms with E-state index in [0.717, 1.165) is 16.8 Å². The minimum Gasteiger partial charge on any atom is -0.472 e. The van der Waals surface area contributed by atoms with Gasteiger partial charge in [0.05, 0.1) is 17.4 Å². The Kier molecular flexibility index (Phi) is 4.65. The maximum atomic E-state index is 7.70. The Labute approximate surface area is 145 Å². The highest BCUT2D eigenvalue weighted by molar-refractivity contribution is 5.88. The van der Waals surface area contributed by atoms with E-state index in [1.54, 1.807) is 25.6 Å². The van der Waals surface area contributed by atoms with E-state index < -0.39 is 0 Å². The molecule has 128 valence electrons. The highest BCUT2D eigenvalue weighted by Crippen LogP contribution is 2.31. The zero-order valence-corrected chi connectivity index (χ0v) is 14.3. The van der Waals surface area contributed by atoms with Crippen molar-refractivity contribution < 1.29 is 9.15 Å². The van der Waals surface area contributed by atoms with E-state index in [1.807, 2.05) is 32.2 Å². The molecular formula is C18H19N5O2. The van der Waals surface area contributed by atoms with Gasteiger partial charge in [0.25, 0.3) is 0 Å². The monoisotopic (exact) mass is 337 g/mol. The second-order valence-electron chi connectivity index (χ2n) is 5.35. The molecule has 0 saturated carbocycles. The van der Waals surface area contributed by atoms with Crippen molar-refractivity contribution in [3.05, 3.63) is 47.9 Å². The molecule has 2 heterocycles. The van der Waals surface area contributed by atoms with E-state index in [1.165, 1.54) is 6.21 Å². The van der Waals surface area contributed by atoms with E-state index >= 15 is 0 Å². The van der Waals surface area contributed by atoms with Crippen molar-refractivity contribution in [2.75, 3.05) is 24.7 Å².